The van der Waals surface area contributed by atoms with Crippen molar-refractivity contribution < 1.29 is 13.2 Å². The van der Waals surface area contributed by atoms with E-state index in [0.29, 0.717) is 27.7 Å². The third-order valence-corrected chi connectivity index (χ3v) is 14.1. The van der Waals surface area contributed by atoms with E-state index in [4.69, 9.17) is 4.74 Å². The summed E-state index contributed by atoms with van der Waals surface area (Å²) in [5.41, 5.74) is 1.21. The Labute approximate surface area is 201 Å². The predicted molar refractivity (Wildman–Crippen MR) is 131 cm³/mol. The van der Waals surface area contributed by atoms with E-state index < -0.39 is 9.84 Å². The molecule has 3 nitrogen and oxygen atoms in total. The lowest BCUT2D eigenvalue weighted by Crippen LogP contribution is -2.57. The number of ether oxygens (including phenoxy) is 1. The molecule has 182 valence electrons. The van der Waals surface area contributed by atoms with Gasteiger partial charge in [0, 0.05) is 12.5 Å². The molecule has 33 heavy (non-hydrogen) atoms. The third-order valence-electron chi connectivity index (χ3n) is 12.2. The summed E-state index contributed by atoms with van der Waals surface area (Å²) < 4.78 is 32.6. The van der Waals surface area contributed by atoms with Crippen molar-refractivity contribution in [3.63, 3.8) is 0 Å². The van der Waals surface area contributed by atoms with Crippen molar-refractivity contribution in [3.8, 4) is 0 Å². The fourth-order valence-electron chi connectivity index (χ4n) is 10.7. The predicted octanol–water partition coefficient (Wildman–Crippen LogP) is 6.38. The Balaban J connectivity index is 1.25. The van der Waals surface area contributed by atoms with Gasteiger partial charge >= 0.3 is 0 Å². The zero-order valence-electron chi connectivity index (χ0n) is 20.9. The van der Waals surface area contributed by atoms with E-state index >= 15 is 0 Å². The quantitative estimate of drug-likeness (QED) is 0.501. The van der Waals surface area contributed by atoms with Crippen LogP contribution in [0.3, 0.4) is 0 Å². The van der Waals surface area contributed by atoms with Gasteiger partial charge < -0.3 is 4.74 Å². The van der Waals surface area contributed by atoms with Crippen LogP contribution in [0.25, 0.3) is 0 Å². The van der Waals surface area contributed by atoms with Gasteiger partial charge in [0.15, 0.2) is 9.84 Å². The van der Waals surface area contributed by atoms with E-state index in [1.54, 1.807) is 12.1 Å². The summed E-state index contributed by atoms with van der Waals surface area (Å²) in [6, 6.07) is 9.06. The molecule has 5 fully saturated rings. The van der Waals surface area contributed by atoms with Crippen molar-refractivity contribution in [1.29, 1.82) is 0 Å². The Morgan fingerprint density at radius 3 is 2.48 bits per heavy atom. The molecule has 1 spiro atoms. The highest BCUT2D eigenvalue weighted by Gasteiger charge is 2.77. The first-order valence-electron chi connectivity index (χ1n) is 13.5. The smallest absolute Gasteiger partial charge is 0.178 e. The van der Waals surface area contributed by atoms with E-state index in [1.807, 2.05) is 25.3 Å². The molecule has 0 unspecified atom stereocenters. The van der Waals surface area contributed by atoms with Crippen molar-refractivity contribution in [1.82, 2.24) is 0 Å². The lowest BCUT2D eigenvalue weighted by atomic mass is 9.45. The van der Waals surface area contributed by atoms with E-state index in [0.717, 1.165) is 23.7 Å². The largest absolute Gasteiger partial charge is 0.381 e. The first-order chi connectivity index (χ1) is 15.7. The number of methoxy groups -OCH3 is 1. The summed E-state index contributed by atoms with van der Waals surface area (Å²) in [4.78, 5) is 0.480. The van der Waals surface area contributed by atoms with Gasteiger partial charge in [0.05, 0.1) is 16.8 Å². The van der Waals surface area contributed by atoms with Gasteiger partial charge in [-0.2, -0.15) is 0 Å². The van der Waals surface area contributed by atoms with Crippen LogP contribution < -0.4 is 0 Å². The molecule has 0 saturated heterocycles. The highest BCUT2D eigenvalue weighted by atomic mass is 32.2. The summed E-state index contributed by atoms with van der Waals surface area (Å²) in [5.74, 6) is 4.23. The molecule has 1 aromatic rings. The minimum absolute atomic E-state index is 0.199. The SMILES string of the molecule is CO[C@@H]1C[C@H]2[C@@H]3CC[C@H]([C@H](C)CS(=O)(=O)c4ccccc4)[C@@]3(C)CC[C@@H]2[C@@]2(C)CC[C@@H]3C[C@]312. The number of hydrogen-bond acceptors (Lipinski definition) is 3. The van der Waals surface area contributed by atoms with Crippen molar-refractivity contribution in [3.05, 3.63) is 30.3 Å². The van der Waals surface area contributed by atoms with Gasteiger partial charge in [0.1, 0.15) is 0 Å². The Hall–Kier alpha value is -0.870. The molecule has 0 aliphatic heterocycles. The van der Waals surface area contributed by atoms with E-state index in [1.165, 1.54) is 51.4 Å². The van der Waals surface area contributed by atoms with E-state index in [9.17, 15) is 8.42 Å². The van der Waals surface area contributed by atoms with Crippen molar-refractivity contribution >= 4 is 9.84 Å². The van der Waals surface area contributed by atoms with Crippen LogP contribution in [0.4, 0.5) is 0 Å². The van der Waals surface area contributed by atoms with Crippen LogP contribution in [0, 0.1) is 51.8 Å². The van der Waals surface area contributed by atoms with Gasteiger partial charge in [0.25, 0.3) is 0 Å². The molecule has 4 heteroatoms. The topological polar surface area (TPSA) is 43.4 Å². The maximum Gasteiger partial charge on any atom is 0.178 e. The summed E-state index contributed by atoms with van der Waals surface area (Å²) in [6.45, 7) is 7.37. The van der Waals surface area contributed by atoms with Crippen molar-refractivity contribution in [2.45, 2.75) is 83.1 Å². The van der Waals surface area contributed by atoms with Crippen LogP contribution in [0.5, 0.6) is 0 Å². The summed E-state index contributed by atoms with van der Waals surface area (Å²) in [5, 5.41) is 0. The van der Waals surface area contributed by atoms with Crippen LogP contribution in [-0.2, 0) is 14.6 Å². The highest BCUT2D eigenvalue weighted by molar-refractivity contribution is 7.91. The monoisotopic (exact) mass is 470 g/mol. The molecular weight excluding hydrogens is 428 g/mol. The first kappa shape index (κ1) is 22.6. The molecule has 0 bridgehead atoms. The maximum atomic E-state index is 13.2. The van der Waals surface area contributed by atoms with Crippen LogP contribution >= 0.6 is 0 Å². The number of benzene rings is 1. The van der Waals surface area contributed by atoms with Gasteiger partial charge in [-0.25, -0.2) is 8.42 Å². The van der Waals surface area contributed by atoms with Crippen molar-refractivity contribution in [2.24, 2.45) is 51.8 Å². The Morgan fingerprint density at radius 1 is 1.03 bits per heavy atom. The second-order valence-corrected chi connectivity index (χ2v) is 15.1. The molecule has 0 radical (unpaired) electrons. The molecule has 0 N–H and O–H groups in total. The lowest BCUT2D eigenvalue weighted by molar-refractivity contribution is -0.160. The highest BCUT2D eigenvalue weighted by Crippen LogP contribution is 2.82. The van der Waals surface area contributed by atoms with Gasteiger partial charge in [-0.3, -0.25) is 0 Å². The van der Waals surface area contributed by atoms with Gasteiger partial charge in [-0.1, -0.05) is 39.0 Å². The molecule has 6 rings (SSSR count). The fourth-order valence-corrected chi connectivity index (χ4v) is 12.4. The number of sulfone groups is 1. The Kier molecular flexibility index (Phi) is 5.01. The van der Waals surface area contributed by atoms with Gasteiger partial charge in [-0.05, 0) is 110 Å². The second-order valence-electron chi connectivity index (χ2n) is 13.0. The molecule has 0 amide bonds. The van der Waals surface area contributed by atoms with Crippen molar-refractivity contribution in [2.75, 3.05) is 12.9 Å². The van der Waals surface area contributed by atoms with Gasteiger partial charge in [0.2, 0.25) is 0 Å². The maximum absolute atomic E-state index is 13.2. The van der Waals surface area contributed by atoms with Crippen LogP contribution in [0.1, 0.15) is 72.1 Å². The second kappa shape index (κ2) is 7.32. The fraction of sp³-hybridized carbons (Fsp3) is 0.793. The lowest BCUT2D eigenvalue weighted by Gasteiger charge is -2.61. The minimum Gasteiger partial charge on any atom is -0.381 e. The number of hydrogen-bond donors (Lipinski definition) is 0. The van der Waals surface area contributed by atoms with E-state index in [2.05, 4.69) is 20.8 Å². The molecular formula is C29H42O3S. The zero-order chi connectivity index (χ0) is 23.2. The Bertz CT molecular complexity index is 1020. The van der Waals surface area contributed by atoms with Crippen LogP contribution in [0.15, 0.2) is 35.2 Å². The van der Waals surface area contributed by atoms with Gasteiger partial charge in [-0.15, -0.1) is 0 Å². The average molecular weight is 471 g/mol. The molecule has 5 aliphatic carbocycles. The molecule has 0 aromatic heterocycles. The van der Waals surface area contributed by atoms with E-state index in [-0.39, 0.29) is 17.1 Å². The normalized spacial score (nSPS) is 49.0. The standard InChI is InChI=1S/C29H42O3S/c1-19(18-33(30,31)21-8-6-5-7-9-21)23-10-11-24-22-16-26(32-4)29-17-20(29)12-15-28(29,3)25(22)13-14-27(23,24)2/h5-9,19-20,22-26H,10-18H2,1-4H3/t19-,20-,22+,23-,24+,25+,26-,27-,28-,29+/m1/s1. The molecule has 5 aliphatic rings. The third kappa shape index (κ3) is 2.92. The van der Waals surface area contributed by atoms with Crippen LogP contribution in [-0.4, -0.2) is 27.4 Å². The zero-order valence-corrected chi connectivity index (χ0v) is 21.7. The first-order valence-corrected chi connectivity index (χ1v) is 15.1. The number of rotatable bonds is 5. The molecule has 1 aromatic carbocycles. The van der Waals surface area contributed by atoms with Crippen LogP contribution in [0.2, 0.25) is 0 Å². The summed E-state index contributed by atoms with van der Waals surface area (Å²) in [6.07, 6.45) is 11.0. The Morgan fingerprint density at radius 2 is 1.79 bits per heavy atom. The molecule has 10 atom stereocenters. The molecule has 0 heterocycles. The summed E-state index contributed by atoms with van der Waals surface area (Å²) in [7, 11) is -1.28. The minimum atomic E-state index is -3.24. The average Bonchev–Trinajstić information content (AvgIpc) is 3.30. The number of fused-ring (bicyclic) bond motifs is 4. The molecule has 5 saturated carbocycles. The summed E-state index contributed by atoms with van der Waals surface area (Å²) >= 11 is 0.